The van der Waals surface area contributed by atoms with Crippen LogP contribution in [0.3, 0.4) is 0 Å². The van der Waals surface area contributed by atoms with Crippen molar-refractivity contribution < 1.29 is 9.47 Å². The number of nitrogens with one attached hydrogen (secondary N) is 1. The number of hydrogen-bond acceptors (Lipinski definition) is 4. The van der Waals surface area contributed by atoms with E-state index in [1.54, 1.807) is 14.2 Å². The lowest BCUT2D eigenvalue weighted by Crippen LogP contribution is -2.19. The number of ether oxygens (including phenoxy) is 2. The smallest absolute Gasteiger partial charge is 0.122 e. The second-order valence-electron chi connectivity index (χ2n) is 5.15. The molecule has 0 radical (unpaired) electrons. The largest absolute Gasteiger partial charge is 0.496 e. The third-order valence-electron chi connectivity index (χ3n) is 3.40. The van der Waals surface area contributed by atoms with Crippen LogP contribution in [0.5, 0.6) is 5.75 Å². The predicted octanol–water partition coefficient (Wildman–Crippen LogP) is 4.03. The molecular weight excluding hydrogens is 282 g/mol. The monoisotopic (exact) mass is 311 g/mol. The van der Waals surface area contributed by atoms with Crippen molar-refractivity contribution in [3.63, 3.8) is 0 Å². The van der Waals surface area contributed by atoms with E-state index in [0.29, 0.717) is 6.04 Å². The van der Waals surface area contributed by atoms with Crippen LogP contribution in [-0.2, 0) is 10.5 Å². The molecule has 1 N–H and O–H groups in total. The maximum absolute atomic E-state index is 5.48. The Bertz CT molecular complexity index is 398. The molecule has 4 heteroatoms. The Morgan fingerprint density at radius 1 is 1.29 bits per heavy atom. The van der Waals surface area contributed by atoms with E-state index in [-0.39, 0.29) is 0 Å². The third-order valence-corrected chi connectivity index (χ3v) is 4.49. The SMILES string of the molecule is CCCNC(C)c1ccc(OC)c(CSCCCOC)c1. The maximum Gasteiger partial charge on any atom is 0.122 e. The number of benzene rings is 1. The van der Waals surface area contributed by atoms with Crippen molar-refractivity contribution in [2.45, 2.75) is 38.5 Å². The second kappa shape index (κ2) is 10.9. The second-order valence-corrected chi connectivity index (χ2v) is 6.25. The Labute approximate surface area is 133 Å². The van der Waals surface area contributed by atoms with Gasteiger partial charge in [-0.25, -0.2) is 0 Å². The van der Waals surface area contributed by atoms with Crippen LogP contribution in [0.15, 0.2) is 18.2 Å². The summed E-state index contributed by atoms with van der Waals surface area (Å²) in [6.07, 6.45) is 2.25. The Kier molecular flexibility index (Phi) is 9.55. The molecule has 1 aromatic carbocycles. The number of methoxy groups -OCH3 is 2. The van der Waals surface area contributed by atoms with Gasteiger partial charge in [-0.3, -0.25) is 0 Å². The summed E-state index contributed by atoms with van der Waals surface area (Å²) in [6, 6.07) is 6.90. The van der Waals surface area contributed by atoms with Crippen LogP contribution in [0.1, 0.15) is 43.9 Å². The minimum Gasteiger partial charge on any atom is -0.496 e. The van der Waals surface area contributed by atoms with E-state index in [2.05, 4.69) is 37.4 Å². The molecule has 0 aliphatic rings. The number of hydrogen-bond donors (Lipinski definition) is 1. The van der Waals surface area contributed by atoms with Crippen LogP contribution >= 0.6 is 11.8 Å². The first-order valence-corrected chi connectivity index (χ1v) is 8.85. The molecule has 1 rings (SSSR count). The molecule has 3 nitrogen and oxygen atoms in total. The van der Waals surface area contributed by atoms with E-state index in [1.165, 1.54) is 11.1 Å². The summed E-state index contributed by atoms with van der Waals surface area (Å²) in [6.45, 7) is 6.29. The van der Waals surface area contributed by atoms with Gasteiger partial charge in [0.15, 0.2) is 0 Å². The molecule has 0 bridgehead atoms. The molecule has 0 fully saturated rings. The number of thioether (sulfide) groups is 1. The van der Waals surface area contributed by atoms with Crippen LogP contribution < -0.4 is 10.1 Å². The molecule has 21 heavy (non-hydrogen) atoms. The summed E-state index contributed by atoms with van der Waals surface area (Å²) in [5.41, 5.74) is 2.61. The molecule has 0 amide bonds. The molecule has 120 valence electrons. The fourth-order valence-electron chi connectivity index (χ4n) is 2.15. The highest BCUT2D eigenvalue weighted by molar-refractivity contribution is 7.98. The zero-order valence-corrected chi connectivity index (χ0v) is 14.6. The summed E-state index contributed by atoms with van der Waals surface area (Å²) in [5.74, 6) is 3.09. The molecule has 0 saturated heterocycles. The average molecular weight is 311 g/mol. The quantitative estimate of drug-likeness (QED) is 0.625. The first-order chi connectivity index (χ1) is 10.2. The van der Waals surface area contributed by atoms with Gasteiger partial charge in [-0.2, -0.15) is 11.8 Å². The van der Waals surface area contributed by atoms with Gasteiger partial charge in [0.1, 0.15) is 5.75 Å². The molecule has 0 aromatic heterocycles. The standard InChI is InChI=1S/C17H29NO2S/c1-5-9-18-14(2)15-7-8-17(20-4)16(12-15)13-21-11-6-10-19-3/h7-8,12,14,18H,5-6,9-11,13H2,1-4H3. The lowest BCUT2D eigenvalue weighted by Gasteiger charge is -2.16. The van der Waals surface area contributed by atoms with E-state index < -0.39 is 0 Å². The predicted molar refractivity (Wildman–Crippen MR) is 92.4 cm³/mol. The van der Waals surface area contributed by atoms with Crippen molar-refractivity contribution in [1.29, 1.82) is 0 Å². The van der Waals surface area contributed by atoms with Crippen LogP contribution in [0.4, 0.5) is 0 Å². The summed E-state index contributed by atoms with van der Waals surface area (Å²) < 4.78 is 10.6. The first-order valence-electron chi connectivity index (χ1n) is 7.69. The van der Waals surface area contributed by atoms with Crippen LogP contribution in [0, 0.1) is 0 Å². The summed E-state index contributed by atoms with van der Waals surface area (Å²) in [5, 5.41) is 3.53. The van der Waals surface area contributed by atoms with Crippen molar-refractivity contribution in [2.75, 3.05) is 33.1 Å². The summed E-state index contributed by atoms with van der Waals surface area (Å²) >= 11 is 1.93. The molecular formula is C17H29NO2S. The molecule has 0 aliphatic heterocycles. The summed E-state index contributed by atoms with van der Waals surface area (Å²) in [4.78, 5) is 0. The van der Waals surface area contributed by atoms with Crippen molar-refractivity contribution in [2.24, 2.45) is 0 Å². The minimum absolute atomic E-state index is 0.382. The average Bonchev–Trinajstić information content (AvgIpc) is 2.52. The van der Waals surface area contributed by atoms with Crippen LogP contribution in [-0.4, -0.2) is 33.1 Å². The molecule has 0 aliphatic carbocycles. The van der Waals surface area contributed by atoms with Crippen LogP contribution in [0.25, 0.3) is 0 Å². The van der Waals surface area contributed by atoms with Gasteiger partial charge in [0.2, 0.25) is 0 Å². The molecule has 1 atom stereocenters. The van der Waals surface area contributed by atoms with Gasteiger partial charge < -0.3 is 14.8 Å². The molecule has 0 spiro atoms. The zero-order valence-electron chi connectivity index (χ0n) is 13.8. The third kappa shape index (κ3) is 6.72. The number of rotatable bonds is 11. The molecule has 1 aromatic rings. The van der Waals surface area contributed by atoms with Gasteiger partial charge in [0, 0.05) is 31.1 Å². The normalized spacial score (nSPS) is 12.4. The van der Waals surface area contributed by atoms with Crippen molar-refractivity contribution in [3.05, 3.63) is 29.3 Å². The highest BCUT2D eigenvalue weighted by Gasteiger charge is 2.09. The van der Waals surface area contributed by atoms with Gasteiger partial charge in [-0.1, -0.05) is 13.0 Å². The lowest BCUT2D eigenvalue weighted by atomic mass is 10.0. The van der Waals surface area contributed by atoms with Gasteiger partial charge >= 0.3 is 0 Å². The van der Waals surface area contributed by atoms with E-state index in [9.17, 15) is 0 Å². The molecule has 0 heterocycles. The Hall–Kier alpha value is -0.710. The Morgan fingerprint density at radius 2 is 2.10 bits per heavy atom. The Morgan fingerprint density at radius 3 is 2.76 bits per heavy atom. The minimum atomic E-state index is 0.382. The van der Waals surface area contributed by atoms with E-state index >= 15 is 0 Å². The van der Waals surface area contributed by atoms with E-state index in [4.69, 9.17) is 9.47 Å². The maximum atomic E-state index is 5.48. The van der Waals surface area contributed by atoms with Crippen molar-refractivity contribution >= 4 is 11.8 Å². The fourth-order valence-corrected chi connectivity index (χ4v) is 3.06. The zero-order chi connectivity index (χ0) is 15.5. The highest BCUT2D eigenvalue weighted by atomic mass is 32.2. The van der Waals surface area contributed by atoms with Crippen molar-refractivity contribution in [3.8, 4) is 5.75 Å². The van der Waals surface area contributed by atoms with Gasteiger partial charge in [0.25, 0.3) is 0 Å². The fraction of sp³-hybridized carbons (Fsp3) is 0.647. The van der Waals surface area contributed by atoms with Gasteiger partial charge in [-0.15, -0.1) is 0 Å². The lowest BCUT2D eigenvalue weighted by molar-refractivity contribution is 0.200. The van der Waals surface area contributed by atoms with Crippen LogP contribution in [0.2, 0.25) is 0 Å². The summed E-state index contributed by atoms with van der Waals surface area (Å²) in [7, 11) is 3.49. The molecule has 1 unspecified atom stereocenters. The van der Waals surface area contributed by atoms with Gasteiger partial charge in [0.05, 0.1) is 7.11 Å². The Balaban J connectivity index is 2.62. The highest BCUT2D eigenvalue weighted by Crippen LogP contribution is 2.27. The van der Waals surface area contributed by atoms with E-state index in [0.717, 1.165) is 43.2 Å². The topological polar surface area (TPSA) is 30.5 Å². The van der Waals surface area contributed by atoms with Gasteiger partial charge in [-0.05, 0) is 49.8 Å². The molecule has 0 saturated carbocycles. The van der Waals surface area contributed by atoms with Crippen molar-refractivity contribution in [1.82, 2.24) is 5.32 Å². The van der Waals surface area contributed by atoms with E-state index in [1.807, 2.05) is 11.8 Å². The first kappa shape index (κ1) is 18.3.